The lowest BCUT2D eigenvalue weighted by atomic mass is 9.88. The van der Waals surface area contributed by atoms with E-state index >= 15 is 0 Å². The van der Waals surface area contributed by atoms with Crippen LogP contribution in [0.25, 0.3) is 0 Å². The number of anilines is 1. The molecule has 8 heteroatoms. The molecule has 0 unspecified atom stereocenters. The Hall–Kier alpha value is -2.85. The first-order chi connectivity index (χ1) is 16.2. The Labute approximate surface area is 217 Å². The number of nitriles is 1. The molecule has 0 aliphatic heterocycles. The number of carbonyl (C=O) groups excluding carboxylic acids is 2. The lowest BCUT2D eigenvalue weighted by Gasteiger charge is -2.40. The van der Waals surface area contributed by atoms with Crippen LogP contribution in [0.15, 0.2) is 71.2 Å². The number of carbonyl (C=O) groups is 2. The molecule has 5 nitrogen and oxygen atoms in total. The molecule has 0 spiro atoms. The van der Waals surface area contributed by atoms with Gasteiger partial charge in [0.15, 0.2) is 0 Å². The molecule has 1 atom stereocenters. The van der Waals surface area contributed by atoms with Gasteiger partial charge in [0.1, 0.15) is 5.54 Å². The number of likely N-dealkylation sites (N-methyl/N-ethyl adjacent to an activating group) is 1. The van der Waals surface area contributed by atoms with E-state index in [1.165, 1.54) is 9.80 Å². The summed E-state index contributed by atoms with van der Waals surface area (Å²) in [6.07, 6.45) is 0.973. The van der Waals surface area contributed by atoms with E-state index in [-0.39, 0.29) is 18.9 Å². The van der Waals surface area contributed by atoms with Crippen molar-refractivity contribution in [1.82, 2.24) is 4.90 Å². The Morgan fingerprint density at radius 1 is 1.03 bits per heavy atom. The third-order valence-corrected chi connectivity index (χ3v) is 6.62. The first kappa shape index (κ1) is 25.8. The number of amides is 2. The quantitative estimate of drug-likeness (QED) is 0.307. The van der Waals surface area contributed by atoms with E-state index in [4.69, 9.17) is 28.5 Å². The number of hydrogen-bond donors (Lipinski definition) is 0. The number of hydrogen-bond acceptors (Lipinski definition) is 3. The minimum atomic E-state index is -1.23. The van der Waals surface area contributed by atoms with Crippen LogP contribution in [0.1, 0.15) is 23.6 Å². The van der Waals surface area contributed by atoms with Crippen LogP contribution in [0.5, 0.6) is 0 Å². The molecule has 0 radical (unpaired) electrons. The highest BCUT2D eigenvalue weighted by Gasteiger charge is 2.41. The van der Waals surface area contributed by atoms with Gasteiger partial charge in [-0.2, -0.15) is 5.26 Å². The van der Waals surface area contributed by atoms with Crippen LogP contribution in [0.4, 0.5) is 5.69 Å². The lowest BCUT2D eigenvalue weighted by molar-refractivity contribution is -0.138. The molecule has 0 bridgehead atoms. The number of halogens is 3. The van der Waals surface area contributed by atoms with Crippen molar-refractivity contribution in [3.8, 4) is 6.07 Å². The summed E-state index contributed by atoms with van der Waals surface area (Å²) in [5, 5.41) is 9.87. The van der Waals surface area contributed by atoms with Crippen LogP contribution in [0.2, 0.25) is 10.0 Å². The highest BCUT2D eigenvalue weighted by molar-refractivity contribution is 9.10. The largest absolute Gasteiger partial charge is 0.326 e. The highest BCUT2D eigenvalue weighted by Crippen LogP contribution is 2.30. The third-order valence-electron chi connectivity index (χ3n) is 5.66. The molecular weight excluding hydrogens is 537 g/mol. The smallest absolute Gasteiger partial charge is 0.252 e. The lowest BCUT2D eigenvalue weighted by Crippen LogP contribution is -2.58. The van der Waals surface area contributed by atoms with E-state index in [9.17, 15) is 9.59 Å². The van der Waals surface area contributed by atoms with Crippen molar-refractivity contribution in [2.75, 3.05) is 11.9 Å². The second kappa shape index (κ2) is 11.1. The van der Waals surface area contributed by atoms with Crippen LogP contribution in [-0.4, -0.2) is 29.8 Å². The second-order valence-electron chi connectivity index (χ2n) is 8.11. The van der Waals surface area contributed by atoms with Gasteiger partial charge in [0.25, 0.3) is 5.91 Å². The zero-order valence-corrected chi connectivity index (χ0v) is 21.7. The summed E-state index contributed by atoms with van der Waals surface area (Å²) in [6.45, 7) is 1.94. The van der Waals surface area contributed by atoms with Crippen LogP contribution in [0, 0.1) is 11.3 Å². The third kappa shape index (κ3) is 5.98. The fourth-order valence-electron chi connectivity index (χ4n) is 3.72. The van der Waals surface area contributed by atoms with Crippen molar-refractivity contribution in [1.29, 1.82) is 5.26 Å². The predicted octanol–water partition coefficient (Wildman–Crippen LogP) is 6.25. The summed E-state index contributed by atoms with van der Waals surface area (Å²) in [7, 11) is 1.63. The van der Waals surface area contributed by atoms with Crippen molar-refractivity contribution in [2.45, 2.75) is 25.4 Å². The highest BCUT2D eigenvalue weighted by atomic mass is 79.9. The predicted molar refractivity (Wildman–Crippen MR) is 139 cm³/mol. The minimum absolute atomic E-state index is 0.193. The van der Waals surface area contributed by atoms with Crippen molar-refractivity contribution in [3.63, 3.8) is 0 Å². The van der Waals surface area contributed by atoms with Gasteiger partial charge in [-0.3, -0.25) is 9.59 Å². The summed E-state index contributed by atoms with van der Waals surface area (Å²) in [5.41, 5.74) is 1.51. The molecule has 174 valence electrons. The van der Waals surface area contributed by atoms with Crippen LogP contribution in [-0.2, 0) is 22.6 Å². The SMILES string of the molecule is CN(C(=O)[C@@](C)(Cc1ccc(Br)cc1)N(C=O)Cc1ccc(C#N)cc1)c1cc(Cl)cc(Cl)c1. The van der Waals surface area contributed by atoms with E-state index in [1.807, 2.05) is 24.3 Å². The molecular formula is C26H22BrCl2N3O2. The number of nitrogens with zero attached hydrogens (tertiary/aromatic N) is 3. The van der Waals surface area contributed by atoms with Crippen molar-refractivity contribution < 1.29 is 9.59 Å². The molecule has 0 saturated heterocycles. The Kier molecular flexibility index (Phi) is 8.37. The number of benzene rings is 3. The zero-order chi connectivity index (χ0) is 24.9. The molecule has 3 aromatic rings. The maximum Gasteiger partial charge on any atom is 0.252 e. The van der Waals surface area contributed by atoms with Crippen molar-refractivity contribution >= 4 is 57.1 Å². The van der Waals surface area contributed by atoms with Crippen LogP contribution in [0.3, 0.4) is 0 Å². The minimum Gasteiger partial charge on any atom is -0.326 e. The first-order valence-electron chi connectivity index (χ1n) is 10.4. The molecule has 34 heavy (non-hydrogen) atoms. The fourth-order valence-corrected chi connectivity index (χ4v) is 4.50. The summed E-state index contributed by atoms with van der Waals surface area (Å²) >= 11 is 15.8. The monoisotopic (exact) mass is 557 g/mol. The van der Waals surface area contributed by atoms with E-state index < -0.39 is 5.54 Å². The molecule has 0 aliphatic carbocycles. The summed E-state index contributed by atoms with van der Waals surface area (Å²) in [5.74, 6) is -0.297. The molecule has 0 fully saturated rings. The van der Waals surface area contributed by atoms with E-state index in [2.05, 4.69) is 22.0 Å². The first-order valence-corrected chi connectivity index (χ1v) is 11.9. The molecule has 3 rings (SSSR count). The summed E-state index contributed by atoms with van der Waals surface area (Å²) in [4.78, 5) is 29.2. The Morgan fingerprint density at radius 3 is 2.12 bits per heavy atom. The Balaban J connectivity index is 2.01. The molecule has 0 aromatic heterocycles. The Bertz CT molecular complexity index is 1210. The summed E-state index contributed by atoms with van der Waals surface area (Å²) < 4.78 is 0.916. The zero-order valence-electron chi connectivity index (χ0n) is 18.6. The van der Waals surface area contributed by atoms with E-state index in [0.717, 1.165) is 15.6 Å². The normalized spacial score (nSPS) is 12.4. The maximum atomic E-state index is 13.9. The molecule has 0 N–H and O–H groups in total. The molecule has 0 aliphatic rings. The van der Waals surface area contributed by atoms with Gasteiger partial charge < -0.3 is 9.80 Å². The topological polar surface area (TPSA) is 64.4 Å². The fraction of sp³-hybridized carbons (Fsp3) is 0.192. The van der Waals surface area contributed by atoms with Crippen molar-refractivity contribution in [2.24, 2.45) is 0 Å². The standard InChI is InChI=1S/C26H22BrCl2N3O2/c1-26(14-18-7-9-21(27)10-8-18,25(34)31(2)24-12-22(28)11-23(29)13-24)32(17-33)16-20-5-3-19(15-30)4-6-20/h3-13,17H,14,16H2,1-2H3/t26-/m1/s1. The van der Waals surface area contributed by atoms with Gasteiger partial charge in [-0.05, 0) is 60.5 Å². The maximum absolute atomic E-state index is 13.9. The molecule has 0 heterocycles. The Morgan fingerprint density at radius 2 is 1.59 bits per heavy atom. The number of rotatable bonds is 8. The van der Waals surface area contributed by atoms with Gasteiger partial charge in [0, 0.05) is 40.2 Å². The average molecular weight is 559 g/mol. The van der Waals surface area contributed by atoms with Gasteiger partial charge in [-0.15, -0.1) is 0 Å². The summed E-state index contributed by atoms with van der Waals surface area (Å²) in [6, 6.07) is 21.5. The molecule has 3 aromatic carbocycles. The van der Waals surface area contributed by atoms with Crippen LogP contribution < -0.4 is 4.90 Å². The second-order valence-corrected chi connectivity index (χ2v) is 9.90. The van der Waals surface area contributed by atoms with E-state index in [0.29, 0.717) is 27.7 Å². The average Bonchev–Trinajstić information content (AvgIpc) is 2.82. The molecule has 0 saturated carbocycles. The van der Waals surface area contributed by atoms with Gasteiger partial charge in [-0.25, -0.2) is 0 Å². The van der Waals surface area contributed by atoms with E-state index in [1.54, 1.807) is 56.4 Å². The van der Waals surface area contributed by atoms with Gasteiger partial charge in [0.05, 0.1) is 11.6 Å². The van der Waals surface area contributed by atoms with Crippen LogP contribution >= 0.6 is 39.1 Å². The van der Waals surface area contributed by atoms with Gasteiger partial charge in [0.2, 0.25) is 6.41 Å². The van der Waals surface area contributed by atoms with Gasteiger partial charge >= 0.3 is 0 Å². The van der Waals surface area contributed by atoms with Gasteiger partial charge in [-0.1, -0.05) is 63.4 Å². The van der Waals surface area contributed by atoms with Crippen molar-refractivity contribution in [3.05, 3.63) is 97.9 Å². The molecule has 2 amide bonds.